The van der Waals surface area contributed by atoms with E-state index in [-0.39, 0.29) is 24.6 Å². The van der Waals surface area contributed by atoms with Crippen molar-refractivity contribution >= 4 is 29.0 Å². The van der Waals surface area contributed by atoms with Crippen LogP contribution in [-0.4, -0.2) is 81.0 Å². The SMILES string of the molecule is C=CC(F)(F)c1nc2ccccc2nc1O[C@]1(C)C[C@@H](C(=O)O)N(C(=O)[C@@H](NC(=O)O[C@@H]2CCC[C@H]2OCC)C(C)(C)C)C1. The molecule has 0 radical (unpaired) electrons. The number of aliphatic carboxylic acids is 1. The lowest BCUT2D eigenvalue weighted by atomic mass is 9.85. The van der Waals surface area contributed by atoms with E-state index in [4.69, 9.17) is 14.2 Å². The molecule has 1 saturated carbocycles. The summed E-state index contributed by atoms with van der Waals surface area (Å²) in [7, 11) is 0. The van der Waals surface area contributed by atoms with E-state index in [1.165, 1.54) is 13.0 Å². The third-order valence-corrected chi connectivity index (χ3v) is 7.93. The second-order valence-corrected chi connectivity index (χ2v) is 12.6. The molecule has 4 rings (SSSR count). The van der Waals surface area contributed by atoms with Crippen LogP contribution in [0.5, 0.6) is 5.88 Å². The Balaban J connectivity index is 1.60. The summed E-state index contributed by atoms with van der Waals surface area (Å²) in [6.07, 6.45) is 0.877. The predicted molar refractivity (Wildman–Crippen MR) is 156 cm³/mol. The van der Waals surface area contributed by atoms with Gasteiger partial charge in [0.1, 0.15) is 23.8 Å². The lowest BCUT2D eigenvalue weighted by Crippen LogP contribution is -2.57. The minimum atomic E-state index is -3.61. The molecule has 2 aliphatic rings. The number of carbonyl (C=O) groups excluding carboxylic acids is 2. The average Bonchev–Trinajstić information content (AvgIpc) is 3.54. The van der Waals surface area contributed by atoms with Crippen LogP contribution < -0.4 is 10.1 Å². The Morgan fingerprint density at radius 1 is 1.18 bits per heavy atom. The smallest absolute Gasteiger partial charge is 0.408 e. The van der Waals surface area contributed by atoms with Gasteiger partial charge < -0.3 is 29.5 Å². The number of hydrogen-bond acceptors (Lipinski definition) is 8. The molecule has 2 heterocycles. The minimum absolute atomic E-state index is 0.212. The molecule has 5 atom stereocenters. The molecule has 13 heteroatoms. The molecule has 2 fully saturated rings. The number of ether oxygens (including phenoxy) is 3. The van der Waals surface area contributed by atoms with Crippen LogP contribution in [0.1, 0.15) is 66.0 Å². The maximum Gasteiger partial charge on any atom is 0.408 e. The third-order valence-electron chi connectivity index (χ3n) is 7.93. The summed E-state index contributed by atoms with van der Waals surface area (Å²) in [5.41, 5.74) is -2.57. The second-order valence-electron chi connectivity index (χ2n) is 12.6. The number of alkyl carbamates (subject to hydrolysis) is 1. The van der Waals surface area contributed by atoms with Crippen LogP contribution in [0.25, 0.3) is 11.0 Å². The molecular formula is C31H40F2N4O7. The van der Waals surface area contributed by atoms with E-state index in [0.29, 0.717) is 24.6 Å². The molecule has 1 saturated heterocycles. The lowest BCUT2D eigenvalue weighted by molar-refractivity contribution is -0.150. The molecule has 2 amide bonds. The summed E-state index contributed by atoms with van der Waals surface area (Å²) in [6, 6.07) is 3.86. The van der Waals surface area contributed by atoms with Crippen molar-refractivity contribution in [2.75, 3.05) is 13.2 Å². The molecule has 0 bridgehead atoms. The van der Waals surface area contributed by atoms with Crippen molar-refractivity contribution in [2.24, 2.45) is 5.41 Å². The highest BCUT2D eigenvalue weighted by molar-refractivity contribution is 5.90. The second kappa shape index (κ2) is 12.6. The number of hydrogen-bond donors (Lipinski definition) is 2. The fourth-order valence-electron chi connectivity index (χ4n) is 5.72. The van der Waals surface area contributed by atoms with Gasteiger partial charge in [0, 0.05) is 13.0 Å². The molecule has 240 valence electrons. The fraction of sp³-hybridized carbons (Fsp3) is 0.581. The number of rotatable bonds is 10. The van der Waals surface area contributed by atoms with Gasteiger partial charge in [0.2, 0.25) is 11.8 Å². The number of allylic oxidation sites excluding steroid dienone is 1. The zero-order chi connectivity index (χ0) is 32.4. The number of alkyl halides is 2. The highest BCUT2D eigenvalue weighted by Gasteiger charge is 2.52. The molecule has 44 heavy (non-hydrogen) atoms. The molecule has 1 aliphatic carbocycles. The number of aromatic nitrogens is 2. The van der Waals surface area contributed by atoms with E-state index in [2.05, 4.69) is 21.9 Å². The van der Waals surface area contributed by atoms with E-state index >= 15 is 0 Å². The van der Waals surface area contributed by atoms with Gasteiger partial charge in [-0.25, -0.2) is 19.6 Å². The number of carboxylic acid groups (broad SMARTS) is 1. The van der Waals surface area contributed by atoms with Crippen LogP contribution in [0.3, 0.4) is 0 Å². The zero-order valence-corrected chi connectivity index (χ0v) is 25.6. The van der Waals surface area contributed by atoms with Gasteiger partial charge in [0.25, 0.3) is 0 Å². The maximum atomic E-state index is 14.9. The van der Waals surface area contributed by atoms with E-state index in [1.54, 1.807) is 39.0 Å². The molecular weight excluding hydrogens is 578 g/mol. The van der Waals surface area contributed by atoms with Gasteiger partial charge in [-0.2, -0.15) is 8.78 Å². The first kappa shape index (κ1) is 33.0. The number of carbonyl (C=O) groups is 3. The average molecular weight is 619 g/mol. The van der Waals surface area contributed by atoms with Crippen LogP contribution in [0.15, 0.2) is 36.9 Å². The third kappa shape index (κ3) is 7.09. The van der Waals surface area contributed by atoms with Gasteiger partial charge in [0.05, 0.1) is 23.7 Å². The van der Waals surface area contributed by atoms with Crippen molar-refractivity contribution in [3.05, 3.63) is 42.6 Å². The first-order valence-corrected chi connectivity index (χ1v) is 14.7. The number of benzene rings is 1. The predicted octanol–water partition coefficient (Wildman–Crippen LogP) is 4.83. The lowest BCUT2D eigenvalue weighted by Gasteiger charge is -2.35. The summed E-state index contributed by atoms with van der Waals surface area (Å²) >= 11 is 0. The Hall–Kier alpha value is -3.87. The summed E-state index contributed by atoms with van der Waals surface area (Å²) in [5.74, 6) is -6.09. The van der Waals surface area contributed by atoms with Crippen molar-refractivity contribution in [2.45, 2.75) is 96.1 Å². The largest absolute Gasteiger partial charge is 0.480 e. The van der Waals surface area contributed by atoms with E-state index in [1.807, 2.05) is 6.92 Å². The molecule has 2 N–H and O–H groups in total. The first-order valence-electron chi connectivity index (χ1n) is 14.7. The number of likely N-dealkylation sites (tertiary alicyclic amines) is 1. The van der Waals surface area contributed by atoms with Crippen LogP contribution >= 0.6 is 0 Å². The minimum Gasteiger partial charge on any atom is -0.480 e. The van der Waals surface area contributed by atoms with Crippen LogP contribution in [0.2, 0.25) is 0 Å². The standard InChI is InChI=1S/C31H40F2N4O7/c1-7-31(32,33)23-25(35-19-13-10-9-12-18(19)34-23)44-30(6)16-20(27(39)40)37(17-30)26(38)24(29(3,4)5)36-28(41)43-22-15-11-14-21(22)42-8-2/h7,9-10,12-13,20-22,24H,1,8,11,14-17H2,2-6H3,(H,36,41)(H,39,40)/t20-,21+,22+,24+,30+/m0/s1. The van der Waals surface area contributed by atoms with Crippen molar-refractivity contribution in [1.29, 1.82) is 0 Å². The Bertz CT molecular complexity index is 1420. The van der Waals surface area contributed by atoms with Gasteiger partial charge in [-0.15, -0.1) is 0 Å². The highest BCUT2D eigenvalue weighted by Crippen LogP contribution is 2.39. The van der Waals surface area contributed by atoms with Crippen LogP contribution in [0.4, 0.5) is 13.6 Å². The summed E-state index contributed by atoms with van der Waals surface area (Å²) in [5, 5.41) is 12.7. The summed E-state index contributed by atoms with van der Waals surface area (Å²) < 4.78 is 47.2. The van der Waals surface area contributed by atoms with Gasteiger partial charge in [-0.3, -0.25) is 4.79 Å². The monoisotopic (exact) mass is 618 g/mol. The number of amides is 2. The molecule has 11 nitrogen and oxygen atoms in total. The Kier molecular flexibility index (Phi) is 9.48. The van der Waals surface area contributed by atoms with Crippen LogP contribution in [-0.2, 0) is 25.0 Å². The van der Waals surface area contributed by atoms with Gasteiger partial charge >= 0.3 is 18.0 Å². The van der Waals surface area contributed by atoms with E-state index in [0.717, 1.165) is 17.7 Å². The number of halogens is 2. The Labute approximate surface area is 255 Å². The molecule has 1 aromatic carbocycles. The zero-order valence-electron chi connectivity index (χ0n) is 25.6. The normalized spacial score (nSPS) is 24.6. The van der Waals surface area contributed by atoms with Crippen molar-refractivity contribution in [3.63, 3.8) is 0 Å². The Morgan fingerprint density at radius 3 is 2.41 bits per heavy atom. The summed E-state index contributed by atoms with van der Waals surface area (Å²) in [4.78, 5) is 48.8. The number of fused-ring (bicyclic) bond motifs is 1. The first-order chi connectivity index (χ1) is 20.6. The molecule has 0 unspecified atom stereocenters. The van der Waals surface area contributed by atoms with Crippen molar-refractivity contribution < 1.29 is 42.5 Å². The highest BCUT2D eigenvalue weighted by atomic mass is 19.3. The van der Waals surface area contributed by atoms with Crippen LogP contribution in [0, 0.1) is 5.41 Å². The molecule has 0 spiro atoms. The van der Waals surface area contributed by atoms with Crippen molar-refractivity contribution in [1.82, 2.24) is 20.2 Å². The molecule has 2 aromatic rings. The van der Waals surface area contributed by atoms with Gasteiger partial charge in [0.15, 0.2) is 5.69 Å². The topological polar surface area (TPSA) is 140 Å². The Morgan fingerprint density at radius 2 is 1.82 bits per heavy atom. The quantitative estimate of drug-likeness (QED) is 0.358. The number of para-hydroxylation sites is 2. The number of nitrogens with zero attached hydrogens (tertiary/aromatic N) is 3. The maximum absolute atomic E-state index is 14.9. The van der Waals surface area contributed by atoms with E-state index in [9.17, 15) is 28.3 Å². The molecule has 1 aromatic heterocycles. The fourth-order valence-corrected chi connectivity index (χ4v) is 5.72. The van der Waals surface area contributed by atoms with Crippen molar-refractivity contribution in [3.8, 4) is 5.88 Å². The van der Waals surface area contributed by atoms with Gasteiger partial charge in [-0.1, -0.05) is 39.5 Å². The number of nitrogens with one attached hydrogen (secondary N) is 1. The summed E-state index contributed by atoms with van der Waals surface area (Å²) in [6.45, 7) is 11.9. The molecule has 1 aliphatic heterocycles. The van der Waals surface area contributed by atoms with Gasteiger partial charge in [-0.05, 0) is 56.7 Å². The van der Waals surface area contributed by atoms with E-state index < -0.39 is 64.7 Å². The number of carboxylic acids is 1.